The molecule has 1 aromatic rings. The highest BCUT2D eigenvalue weighted by molar-refractivity contribution is 5.92. The largest absolute Gasteiger partial charge is 0.459 e. The number of hydrogen-bond donors (Lipinski definition) is 1. The minimum absolute atomic E-state index is 0.0760. The monoisotopic (exact) mass is 261 g/mol. The molecule has 0 bridgehead atoms. The molecular weight excluding hydrogens is 238 g/mol. The molecule has 2 N–H and O–H groups in total. The van der Waals surface area contributed by atoms with Gasteiger partial charge in [-0.25, -0.2) is 4.79 Å². The Hall–Kier alpha value is -1.51. The Morgan fingerprint density at radius 3 is 2.95 bits per heavy atom. The molecule has 1 saturated carbocycles. The normalized spacial score (nSPS) is 23.1. The van der Waals surface area contributed by atoms with Gasteiger partial charge < -0.3 is 10.5 Å². The van der Waals surface area contributed by atoms with Gasteiger partial charge in [-0.05, 0) is 49.8 Å². The van der Waals surface area contributed by atoms with E-state index in [1.54, 1.807) is 18.2 Å². The van der Waals surface area contributed by atoms with Crippen LogP contribution in [0.4, 0.5) is 5.69 Å². The van der Waals surface area contributed by atoms with E-state index >= 15 is 0 Å². The summed E-state index contributed by atoms with van der Waals surface area (Å²) in [6, 6.07) is 5.39. The van der Waals surface area contributed by atoms with E-state index in [-0.39, 0.29) is 12.1 Å². The number of esters is 1. The van der Waals surface area contributed by atoms with Crippen molar-refractivity contribution in [3.8, 4) is 0 Å². The summed E-state index contributed by atoms with van der Waals surface area (Å²) in [5.74, 6) is 0.472. The predicted octanol–water partition coefficient (Wildman–Crippen LogP) is 3.70. The summed E-state index contributed by atoms with van der Waals surface area (Å²) < 4.78 is 5.65. The Morgan fingerprint density at radius 1 is 1.42 bits per heavy atom. The fourth-order valence-corrected chi connectivity index (χ4v) is 2.81. The molecule has 0 amide bonds. The fourth-order valence-electron chi connectivity index (χ4n) is 2.81. The van der Waals surface area contributed by atoms with Crippen LogP contribution in [0.25, 0.3) is 0 Å². The molecule has 1 aliphatic carbocycles. The van der Waals surface area contributed by atoms with Crippen LogP contribution in [0.5, 0.6) is 0 Å². The smallest absolute Gasteiger partial charge is 0.338 e. The second kappa shape index (κ2) is 6.09. The van der Waals surface area contributed by atoms with Gasteiger partial charge in [-0.2, -0.15) is 0 Å². The Kier molecular flexibility index (Phi) is 4.46. The number of nitrogens with two attached hydrogens (primary N) is 1. The molecule has 104 valence electrons. The second-order valence-electron chi connectivity index (χ2n) is 5.49. The van der Waals surface area contributed by atoms with E-state index in [9.17, 15) is 4.79 Å². The van der Waals surface area contributed by atoms with Gasteiger partial charge in [-0.1, -0.05) is 25.8 Å². The lowest BCUT2D eigenvalue weighted by Crippen LogP contribution is -2.25. The van der Waals surface area contributed by atoms with Crippen LogP contribution < -0.4 is 5.73 Å². The van der Waals surface area contributed by atoms with Crippen molar-refractivity contribution < 1.29 is 9.53 Å². The molecular formula is C16H23NO2. The van der Waals surface area contributed by atoms with Crippen molar-refractivity contribution in [2.45, 2.75) is 52.1 Å². The number of hydrogen-bond acceptors (Lipinski definition) is 3. The van der Waals surface area contributed by atoms with Crippen LogP contribution in [0.3, 0.4) is 0 Å². The quantitative estimate of drug-likeness (QED) is 0.666. The summed E-state index contributed by atoms with van der Waals surface area (Å²) in [6.07, 6.45) is 5.67. The maximum Gasteiger partial charge on any atom is 0.338 e. The van der Waals surface area contributed by atoms with Gasteiger partial charge in [0.25, 0.3) is 0 Å². The van der Waals surface area contributed by atoms with Crippen LogP contribution in [0.15, 0.2) is 18.2 Å². The summed E-state index contributed by atoms with van der Waals surface area (Å²) in [5, 5.41) is 0. The van der Waals surface area contributed by atoms with E-state index in [0.717, 1.165) is 24.8 Å². The molecule has 0 spiro atoms. The van der Waals surface area contributed by atoms with E-state index in [1.165, 1.54) is 12.8 Å². The second-order valence-corrected chi connectivity index (χ2v) is 5.49. The first-order chi connectivity index (χ1) is 9.11. The summed E-state index contributed by atoms with van der Waals surface area (Å²) in [5.41, 5.74) is 7.88. The van der Waals surface area contributed by atoms with Gasteiger partial charge in [0.05, 0.1) is 5.56 Å². The van der Waals surface area contributed by atoms with Crippen LogP contribution >= 0.6 is 0 Å². The Morgan fingerprint density at radius 2 is 2.21 bits per heavy atom. The number of nitrogen functional groups attached to an aromatic ring is 1. The van der Waals surface area contributed by atoms with Crippen LogP contribution in [0, 0.1) is 12.8 Å². The zero-order valence-electron chi connectivity index (χ0n) is 11.8. The fraction of sp³-hybridized carbons (Fsp3) is 0.562. The number of anilines is 1. The lowest BCUT2D eigenvalue weighted by Gasteiger charge is -2.28. The van der Waals surface area contributed by atoms with Gasteiger partial charge >= 0.3 is 5.97 Å². The van der Waals surface area contributed by atoms with Gasteiger partial charge in [0.15, 0.2) is 0 Å². The topological polar surface area (TPSA) is 52.3 Å². The van der Waals surface area contributed by atoms with E-state index in [4.69, 9.17) is 10.5 Å². The van der Waals surface area contributed by atoms with Gasteiger partial charge in [0, 0.05) is 5.69 Å². The van der Waals surface area contributed by atoms with Gasteiger partial charge in [-0.15, -0.1) is 0 Å². The van der Waals surface area contributed by atoms with Crippen molar-refractivity contribution in [1.29, 1.82) is 0 Å². The maximum absolute atomic E-state index is 12.2. The lowest BCUT2D eigenvalue weighted by molar-refractivity contribution is 0.0139. The third-order valence-electron chi connectivity index (χ3n) is 4.18. The molecule has 2 atom stereocenters. The van der Waals surface area contributed by atoms with Crippen molar-refractivity contribution in [3.05, 3.63) is 29.3 Å². The van der Waals surface area contributed by atoms with Crippen molar-refractivity contribution in [1.82, 2.24) is 0 Å². The minimum Gasteiger partial charge on any atom is -0.459 e. The first-order valence-corrected chi connectivity index (χ1v) is 7.17. The molecule has 0 aromatic heterocycles. The lowest BCUT2D eigenvalue weighted by atomic mass is 9.85. The van der Waals surface area contributed by atoms with Gasteiger partial charge in [0.2, 0.25) is 0 Å². The molecule has 1 aromatic carbocycles. The Labute approximate surface area is 115 Å². The highest BCUT2D eigenvalue weighted by Gasteiger charge is 2.24. The highest BCUT2D eigenvalue weighted by atomic mass is 16.5. The zero-order chi connectivity index (χ0) is 13.8. The molecule has 1 aliphatic rings. The van der Waals surface area contributed by atoms with Crippen LogP contribution in [0.2, 0.25) is 0 Å². The number of rotatable bonds is 3. The number of benzene rings is 1. The van der Waals surface area contributed by atoms with Gasteiger partial charge in [0.1, 0.15) is 6.10 Å². The number of carbonyl (C=O) groups excluding carboxylic acids is 1. The number of ether oxygens (including phenoxy) is 1. The zero-order valence-corrected chi connectivity index (χ0v) is 11.8. The minimum atomic E-state index is -0.230. The van der Waals surface area contributed by atoms with E-state index in [1.807, 2.05) is 6.92 Å². The van der Waals surface area contributed by atoms with Crippen molar-refractivity contribution in [2.75, 3.05) is 5.73 Å². The third-order valence-corrected chi connectivity index (χ3v) is 4.18. The van der Waals surface area contributed by atoms with Crippen molar-refractivity contribution in [3.63, 3.8) is 0 Å². The molecule has 2 rings (SSSR count). The predicted molar refractivity (Wildman–Crippen MR) is 77.0 cm³/mol. The molecule has 3 nitrogen and oxygen atoms in total. The van der Waals surface area contributed by atoms with Crippen LogP contribution in [-0.4, -0.2) is 12.1 Å². The summed E-state index contributed by atoms with van der Waals surface area (Å²) in [4.78, 5) is 12.2. The van der Waals surface area contributed by atoms with Crippen molar-refractivity contribution >= 4 is 11.7 Å². The summed E-state index contributed by atoms with van der Waals surface area (Å²) >= 11 is 0. The molecule has 3 heteroatoms. The van der Waals surface area contributed by atoms with Crippen LogP contribution in [-0.2, 0) is 4.74 Å². The average Bonchev–Trinajstić information content (AvgIpc) is 2.42. The van der Waals surface area contributed by atoms with E-state index in [0.29, 0.717) is 17.2 Å². The molecule has 2 unspecified atom stereocenters. The highest BCUT2D eigenvalue weighted by Crippen LogP contribution is 2.29. The van der Waals surface area contributed by atoms with E-state index < -0.39 is 0 Å². The molecule has 0 radical (unpaired) electrons. The average molecular weight is 261 g/mol. The van der Waals surface area contributed by atoms with Gasteiger partial charge in [-0.3, -0.25) is 0 Å². The van der Waals surface area contributed by atoms with E-state index in [2.05, 4.69) is 6.92 Å². The third kappa shape index (κ3) is 3.28. The van der Waals surface area contributed by atoms with Crippen molar-refractivity contribution in [2.24, 2.45) is 5.92 Å². The van der Waals surface area contributed by atoms with Crippen LogP contribution in [0.1, 0.15) is 54.9 Å². The summed E-state index contributed by atoms with van der Waals surface area (Å²) in [6.45, 7) is 4.07. The summed E-state index contributed by atoms with van der Waals surface area (Å²) in [7, 11) is 0. The molecule has 0 aliphatic heterocycles. The first kappa shape index (κ1) is 13.9. The molecule has 19 heavy (non-hydrogen) atoms. The molecule has 1 fully saturated rings. The SMILES string of the molecule is CCC1CCCC(OC(=O)c2cccc(N)c2C)C1. The first-order valence-electron chi connectivity index (χ1n) is 7.17. The Bertz CT molecular complexity index is 456. The molecule has 0 saturated heterocycles. The standard InChI is InChI=1S/C16H23NO2/c1-3-12-6-4-7-13(10-12)19-16(18)14-8-5-9-15(17)11(14)2/h5,8-9,12-13H,3-4,6-7,10,17H2,1-2H3. The maximum atomic E-state index is 12.2. The number of carbonyl (C=O) groups is 1. The Balaban J connectivity index is 2.02. The molecule has 0 heterocycles.